The van der Waals surface area contributed by atoms with Crippen molar-refractivity contribution in [3.05, 3.63) is 29.8 Å². The van der Waals surface area contributed by atoms with E-state index in [1.54, 1.807) is 0 Å². The topological polar surface area (TPSA) is 23.5 Å². The van der Waals surface area contributed by atoms with Gasteiger partial charge in [-0.15, -0.1) is 0 Å². The van der Waals surface area contributed by atoms with E-state index >= 15 is 0 Å². The highest BCUT2D eigenvalue weighted by atomic mass is 16.3. The summed E-state index contributed by atoms with van der Waals surface area (Å²) in [6, 6.07) is 8.29. The van der Waals surface area contributed by atoms with Crippen molar-refractivity contribution in [3.63, 3.8) is 0 Å². The Morgan fingerprint density at radius 1 is 1.28 bits per heavy atom. The standard InChI is InChI=1S/C14H21NO.C2H6/c1-4-15(3)12-7-5-11(6-8-12)14(16)13-9-10(13)2;1-2/h5-8,10,13-14,16H,4,9H2,1-3H3;1-2H3. The van der Waals surface area contributed by atoms with Gasteiger partial charge in [0.1, 0.15) is 0 Å². The molecule has 2 rings (SSSR count). The minimum absolute atomic E-state index is 0.268. The van der Waals surface area contributed by atoms with Gasteiger partial charge in [-0.2, -0.15) is 0 Å². The lowest BCUT2D eigenvalue weighted by molar-refractivity contribution is 0.148. The molecule has 1 aliphatic rings. The minimum Gasteiger partial charge on any atom is -0.388 e. The van der Waals surface area contributed by atoms with Crippen molar-refractivity contribution >= 4 is 5.69 Å². The summed E-state index contributed by atoms with van der Waals surface area (Å²) in [6.45, 7) is 9.34. The fourth-order valence-corrected chi connectivity index (χ4v) is 2.15. The first-order chi connectivity index (χ1) is 8.63. The second kappa shape index (κ2) is 6.79. The van der Waals surface area contributed by atoms with Crippen LogP contribution in [0.2, 0.25) is 0 Å². The highest BCUT2D eigenvalue weighted by Crippen LogP contribution is 2.46. The summed E-state index contributed by atoms with van der Waals surface area (Å²) in [5.74, 6) is 1.17. The molecule has 0 radical (unpaired) electrons. The van der Waals surface area contributed by atoms with Gasteiger partial charge in [-0.25, -0.2) is 0 Å². The van der Waals surface area contributed by atoms with Gasteiger partial charge in [0.05, 0.1) is 6.10 Å². The Labute approximate surface area is 112 Å². The van der Waals surface area contributed by atoms with Gasteiger partial charge in [0.2, 0.25) is 0 Å². The molecule has 0 spiro atoms. The van der Waals surface area contributed by atoms with Gasteiger partial charge in [-0.3, -0.25) is 0 Å². The van der Waals surface area contributed by atoms with Gasteiger partial charge in [0.25, 0.3) is 0 Å². The number of aliphatic hydroxyl groups excluding tert-OH is 1. The zero-order valence-corrected chi connectivity index (χ0v) is 12.4. The number of hydrogen-bond acceptors (Lipinski definition) is 2. The molecule has 0 amide bonds. The van der Waals surface area contributed by atoms with E-state index in [4.69, 9.17) is 0 Å². The maximum absolute atomic E-state index is 10.1. The van der Waals surface area contributed by atoms with Crippen molar-refractivity contribution in [2.45, 2.75) is 40.2 Å². The molecule has 1 aliphatic carbocycles. The first kappa shape index (κ1) is 15.0. The maximum atomic E-state index is 10.1. The van der Waals surface area contributed by atoms with Crippen molar-refractivity contribution in [3.8, 4) is 0 Å². The number of rotatable bonds is 4. The molecule has 3 unspecified atom stereocenters. The van der Waals surface area contributed by atoms with Crippen LogP contribution in [0.15, 0.2) is 24.3 Å². The van der Waals surface area contributed by atoms with E-state index in [9.17, 15) is 5.11 Å². The third-order valence-electron chi connectivity index (χ3n) is 3.73. The first-order valence-electron chi connectivity index (χ1n) is 7.12. The third-order valence-corrected chi connectivity index (χ3v) is 3.73. The number of anilines is 1. The zero-order chi connectivity index (χ0) is 13.7. The molecule has 1 fully saturated rings. The summed E-state index contributed by atoms with van der Waals surface area (Å²) < 4.78 is 0. The minimum atomic E-state index is -0.268. The fraction of sp³-hybridized carbons (Fsp3) is 0.625. The Kier molecular flexibility index (Phi) is 5.67. The van der Waals surface area contributed by atoms with Crippen LogP contribution in [0, 0.1) is 11.8 Å². The van der Waals surface area contributed by atoms with Crippen LogP contribution in [-0.4, -0.2) is 18.7 Å². The van der Waals surface area contributed by atoms with Gasteiger partial charge in [0, 0.05) is 19.3 Å². The van der Waals surface area contributed by atoms with Gasteiger partial charge in [-0.05, 0) is 42.9 Å². The van der Waals surface area contributed by atoms with Crippen LogP contribution in [0.4, 0.5) is 5.69 Å². The summed E-state index contributed by atoms with van der Waals surface area (Å²) in [4.78, 5) is 2.19. The Bertz CT molecular complexity index is 347. The molecule has 0 bridgehead atoms. The summed E-state index contributed by atoms with van der Waals surface area (Å²) in [5.41, 5.74) is 2.27. The van der Waals surface area contributed by atoms with E-state index in [1.807, 2.05) is 13.8 Å². The van der Waals surface area contributed by atoms with Crippen LogP contribution in [0.1, 0.15) is 45.8 Å². The molecular formula is C16H27NO. The Balaban J connectivity index is 0.000000771. The summed E-state index contributed by atoms with van der Waals surface area (Å²) in [7, 11) is 2.08. The van der Waals surface area contributed by atoms with E-state index in [0.29, 0.717) is 11.8 Å². The van der Waals surface area contributed by atoms with Crippen molar-refractivity contribution in [2.75, 3.05) is 18.5 Å². The quantitative estimate of drug-likeness (QED) is 0.876. The van der Waals surface area contributed by atoms with E-state index in [0.717, 1.165) is 18.5 Å². The number of benzene rings is 1. The van der Waals surface area contributed by atoms with Crippen LogP contribution in [-0.2, 0) is 0 Å². The predicted octanol–water partition coefficient (Wildman–Crippen LogP) is 3.86. The molecule has 18 heavy (non-hydrogen) atoms. The second-order valence-electron chi connectivity index (χ2n) is 4.93. The summed E-state index contributed by atoms with van der Waals surface area (Å²) in [6.07, 6.45) is 0.897. The van der Waals surface area contributed by atoms with E-state index in [-0.39, 0.29) is 6.10 Å². The monoisotopic (exact) mass is 249 g/mol. The van der Waals surface area contributed by atoms with Crippen LogP contribution < -0.4 is 4.90 Å². The molecule has 1 aromatic carbocycles. The van der Waals surface area contributed by atoms with Gasteiger partial charge in [0.15, 0.2) is 0 Å². The van der Waals surface area contributed by atoms with Gasteiger partial charge < -0.3 is 10.0 Å². The van der Waals surface area contributed by atoms with E-state index in [2.05, 4.69) is 50.1 Å². The van der Waals surface area contributed by atoms with E-state index in [1.165, 1.54) is 5.69 Å². The highest BCUT2D eigenvalue weighted by molar-refractivity contribution is 5.47. The first-order valence-corrected chi connectivity index (χ1v) is 7.12. The maximum Gasteiger partial charge on any atom is 0.0820 e. The Morgan fingerprint density at radius 3 is 2.17 bits per heavy atom. The van der Waals surface area contributed by atoms with Crippen LogP contribution in [0.3, 0.4) is 0 Å². The van der Waals surface area contributed by atoms with Crippen LogP contribution in [0.5, 0.6) is 0 Å². The highest BCUT2D eigenvalue weighted by Gasteiger charge is 2.39. The molecule has 2 heteroatoms. The predicted molar refractivity (Wildman–Crippen MR) is 79.0 cm³/mol. The Hall–Kier alpha value is -1.02. The third kappa shape index (κ3) is 3.49. The second-order valence-corrected chi connectivity index (χ2v) is 4.93. The lowest BCUT2D eigenvalue weighted by Crippen LogP contribution is -2.15. The van der Waals surface area contributed by atoms with Crippen molar-refractivity contribution < 1.29 is 5.11 Å². The molecule has 1 aromatic rings. The van der Waals surface area contributed by atoms with E-state index < -0.39 is 0 Å². The average molecular weight is 249 g/mol. The number of hydrogen-bond donors (Lipinski definition) is 1. The van der Waals surface area contributed by atoms with Crippen molar-refractivity contribution in [2.24, 2.45) is 11.8 Å². The molecule has 0 aromatic heterocycles. The smallest absolute Gasteiger partial charge is 0.0820 e. The lowest BCUT2D eigenvalue weighted by Gasteiger charge is -2.18. The van der Waals surface area contributed by atoms with Gasteiger partial charge in [-0.1, -0.05) is 32.9 Å². The fourth-order valence-electron chi connectivity index (χ4n) is 2.15. The normalized spacial score (nSPS) is 22.8. The van der Waals surface area contributed by atoms with Crippen LogP contribution >= 0.6 is 0 Å². The number of aliphatic hydroxyl groups is 1. The zero-order valence-electron chi connectivity index (χ0n) is 12.4. The molecule has 1 N–H and O–H groups in total. The Morgan fingerprint density at radius 2 is 1.78 bits per heavy atom. The molecule has 0 heterocycles. The molecule has 0 saturated heterocycles. The van der Waals surface area contributed by atoms with Gasteiger partial charge >= 0.3 is 0 Å². The lowest BCUT2D eigenvalue weighted by atomic mass is 10.0. The molecule has 0 aliphatic heterocycles. The molecule has 1 saturated carbocycles. The average Bonchev–Trinajstić information content (AvgIpc) is 3.16. The number of nitrogens with zero attached hydrogens (tertiary/aromatic N) is 1. The largest absolute Gasteiger partial charge is 0.388 e. The van der Waals surface area contributed by atoms with Crippen molar-refractivity contribution in [1.82, 2.24) is 0 Å². The molecule has 3 atom stereocenters. The SMILES string of the molecule is CC.CCN(C)c1ccc(C(O)C2CC2C)cc1. The molecular weight excluding hydrogens is 222 g/mol. The van der Waals surface area contributed by atoms with Crippen LogP contribution in [0.25, 0.3) is 0 Å². The van der Waals surface area contributed by atoms with Crippen molar-refractivity contribution in [1.29, 1.82) is 0 Å². The molecule has 2 nitrogen and oxygen atoms in total. The summed E-state index contributed by atoms with van der Waals surface area (Å²) >= 11 is 0. The summed E-state index contributed by atoms with van der Waals surface area (Å²) in [5, 5.41) is 10.1. The molecule has 102 valence electrons.